The summed E-state index contributed by atoms with van der Waals surface area (Å²) in [5.74, 6) is -0.697. The zero-order chi connectivity index (χ0) is 20.6. The van der Waals surface area contributed by atoms with Crippen LogP contribution in [0, 0.1) is 17.2 Å². The summed E-state index contributed by atoms with van der Waals surface area (Å²) >= 11 is 1.51. The maximum atomic E-state index is 12.8. The third-order valence-corrected chi connectivity index (χ3v) is 5.80. The SMILES string of the molecule is N#CC(NC(=O)[C@@H]1CCCC[C@H]1NC(=O)OCc1cccs1)c1cccc(O)c1. The molecule has 1 fully saturated rings. The molecule has 1 aromatic heterocycles. The van der Waals surface area contributed by atoms with Crippen LogP contribution in [-0.2, 0) is 16.1 Å². The second-order valence-electron chi connectivity index (χ2n) is 6.96. The number of rotatable bonds is 6. The number of amides is 2. The topological polar surface area (TPSA) is 111 Å². The van der Waals surface area contributed by atoms with E-state index >= 15 is 0 Å². The average molecular weight is 413 g/mol. The summed E-state index contributed by atoms with van der Waals surface area (Å²) in [6, 6.07) is 10.9. The molecule has 29 heavy (non-hydrogen) atoms. The Morgan fingerprint density at radius 3 is 2.83 bits per heavy atom. The van der Waals surface area contributed by atoms with Gasteiger partial charge in [0.15, 0.2) is 0 Å². The molecule has 1 saturated carbocycles. The molecule has 1 aliphatic carbocycles. The number of thiophene rings is 1. The Labute approximate surface area is 173 Å². The summed E-state index contributed by atoms with van der Waals surface area (Å²) in [6.07, 6.45) is 2.54. The summed E-state index contributed by atoms with van der Waals surface area (Å²) in [5.41, 5.74) is 0.511. The maximum absolute atomic E-state index is 12.8. The fourth-order valence-corrected chi connectivity index (χ4v) is 4.10. The van der Waals surface area contributed by atoms with E-state index in [1.165, 1.54) is 23.5 Å². The molecule has 8 heteroatoms. The molecule has 1 aliphatic rings. The summed E-state index contributed by atoms with van der Waals surface area (Å²) in [4.78, 5) is 26.0. The smallest absolute Gasteiger partial charge is 0.407 e. The van der Waals surface area contributed by atoms with E-state index in [0.717, 1.165) is 17.7 Å². The van der Waals surface area contributed by atoms with Gasteiger partial charge in [-0.15, -0.1) is 11.3 Å². The highest BCUT2D eigenvalue weighted by molar-refractivity contribution is 7.09. The van der Waals surface area contributed by atoms with Gasteiger partial charge in [-0.3, -0.25) is 4.79 Å². The average Bonchev–Trinajstić information content (AvgIpc) is 3.24. The molecule has 0 aliphatic heterocycles. The fourth-order valence-electron chi connectivity index (χ4n) is 3.49. The molecule has 1 aromatic carbocycles. The van der Waals surface area contributed by atoms with Gasteiger partial charge in [0.2, 0.25) is 5.91 Å². The number of phenols is 1. The predicted molar refractivity (Wildman–Crippen MR) is 108 cm³/mol. The van der Waals surface area contributed by atoms with Gasteiger partial charge in [-0.25, -0.2) is 4.79 Å². The van der Waals surface area contributed by atoms with Crippen LogP contribution in [0.3, 0.4) is 0 Å². The number of phenolic OH excluding ortho intramolecular Hbond substituents is 1. The zero-order valence-electron chi connectivity index (χ0n) is 15.8. The first-order valence-electron chi connectivity index (χ1n) is 9.51. The van der Waals surface area contributed by atoms with Crippen molar-refractivity contribution in [2.45, 2.75) is 44.4 Å². The highest BCUT2D eigenvalue weighted by Gasteiger charge is 2.33. The van der Waals surface area contributed by atoms with Crippen molar-refractivity contribution in [1.29, 1.82) is 5.26 Å². The molecule has 1 unspecified atom stereocenters. The van der Waals surface area contributed by atoms with Crippen molar-refractivity contribution in [1.82, 2.24) is 10.6 Å². The molecule has 1 heterocycles. The number of alkyl carbamates (subject to hydrolysis) is 1. The first-order chi connectivity index (χ1) is 14.1. The molecule has 7 nitrogen and oxygen atoms in total. The van der Waals surface area contributed by atoms with Gasteiger partial charge >= 0.3 is 6.09 Å². The van der Waals surface area contributed by atoms with Crippen LogP contribution in [0.1, 0.15) is 42.2 Å². The van der Waals surface area contributed by atoms with E-state index in [0.29, 0.717) is 18.4 Å². The largest absolute Gasteiger partial charge is 0.508 e. The number of carbonyl (C=O) groups is 2. The minimum atomic E-state index is -0.872. The van der Waals surface area contributed by atoms with Gasteiger partial charge in [-0.2, -0.15) is 5.26 Å². The van der Waals surface area contributed by atoms with Crippen molar-refractivity contribution in [3.05, 3.63) is 52.2 Å². The van der Waals surface area contributed by atoms with Crippen molar-refractivity contribution in [2.24, 2.45) is 5.92 Å². The molecule has 0 spiro atoms. The molecule has 3 N–H and O–H groups in total. The Balaban J connectivity index is 1.59. The quantitative estimate of drug-likeness (QED) is 0.670. The molecule has 3 atom stereocenters. The summed E-state index contributed by atoms with van der Waals surface area (Å²) in [7, 11) is 0. The second kappa shape index (κ2) is 9.94. The molecule has 3 rings (SSSR count). The van der Waals surface area contributed by atoms with Crippen LogP contribution in [0.25, 0.3) is 0 Å². The number of hydrogen-bond donors (Lipinski definition) is 3. The van der Waals surface area contributed by atoms with Crippen LogP contribution in [0.5, 0.6) is 5.75 Å². The van der Waals surface area contributed by atoms with Crippen molar-refractivity contribution >= 4 is 23.3 Å². The van der Waals surface area contributed by atoms with Crippen LogP contribution in [0.4, 0.5) is 4.79 Å². The van der Waals surface area contributed by atoms with Crippen molar-refractivity contribution in [3.8, 4) is 11.8 Å². The van der Waals surface area contributed by atoms with Crippen molar-refractivity contribution < 1.29 is 19.4 Å². The van der Waals surface area contributed by atoms with Gasteiger partial charge < -0.3 is 20.5 Å². The molecule has 0 bridgehead atoms. The minimum Gasteiger partial charge on any atom is -0.508 e. The highest BCUT2D eigenvalue weighted by Crippen LogP contribution is 2.26. The van der Waals surface area contributed by atoms with E-state index < -0.39 is 18.1 Å². The first kappa shape index (κ1) is 20.7. The standard InChI is InChI=1S/C21H23N3O4S/c22-12-19(14-5-3-6-15(25)11-14)23-20(26)17-8-1-2-9-18(17)24-21(27)28-13-16-7-4-10-29-16/h3-7,10-11,17-19,25H,1-2,8-9,13H2,(H,23,26)(H,24,27)/t17-,18-,19?/m1/s1. The number of hydrogen-bond acceptors (Lipinski definition) is 6. The Kier molecular flexibility index (Phi) is 7.09. The number of nitriles is 1. The van der Waals surface area contributed by atoms with E-state index in [2.05, 4.69) is 16.7 Å². The molecule has 2 aromatic rings. The highest BCUT2D eigenvalue weighted by atomic mass is 32.1. The van der Waals surface area contributed by atoms with E-state index in [1.54, 1.807) is 12.1 Å². The van der Waals surface area contributed by atoms with Crippen LogP contribution < -0.4 is 10.6 Å². The minimum absolute atomic E-state index is 0.0303. The number of aromatic hydroxyl groups is 1. The number of carbonyl (C=O) groups excluding carboxylic acids is 2. The molecule has 152 valence electrons. The number of ether oxygens (including phenoxy) is 1. The van der Waals surface area contributed by atoms with E-state index in [1.807, 2.05) is 17.5 Å². The zero-order valence-corrected chi connectivity index (χ0v) is 16.7. The maximum Gasteiger partial charge on any atom is 0.407 e. The predicted octanol–water partition coefficient (Wildman–Crippen LogP) is 3.62. The van der Waals surface area contributed by atoms with Gasteiger partial charge in [0.1, 0.15) is 18.4 Å². The van der Waals surface area contributed by atoms with Gasteiger partial charge in [-0.1, -0.05) is 31.0 Å². The van der Waals surface area contributed by atoms with Crippen molar-refractivity contribution in [3.63, 3.8) is 0 Å². The van der Waals surface area contributed by atoms with Crippen LogP contribution >= 0.6 is 11.3 Å². The second-order valence-corrected chi connectivity index (χ2v) is 8.00. The molecule has 0 radical (unpaired) electrons. The molecular weight excluding hydrogens is 390 g/mol. The van der Waals surface area contributed by atoms with Crippen LogP contribution in [-0.4, -0.2) is 23.1 Å². The van der Waals surface area contributed by atoms with Gasteiger partial charge in [0, 0.05) is 10.9 Å². The summed E-state index contributed by atoms with van der Waals surface area (Å²) in [5, 5.41) is 26.5. The number of nitrogens with one attached hydrogen (secondary N) is 2. The first-order valence-corrected chi connectivity index (χ1v) is 10.4. The lowest BCUT2D eigenvalue weighted by Gasteiger charge is -2.31. The lowest BCUT2D eigenvalue weighted by atomic mass is 9.83. The molecule has 2 amide bonds. The van der Waals surface area contributed by atoms with E-state index in [9.17, 15) is 20.0 Å². The van der Waals surface area contributed by atoms with E-state index in [4.69, 9.17) is 4.74 Å². The van der Waals surface area contributed by atoms with Gasteiger partial charge in [0.05, 0.1) is 12.0 Å². The van der Waals surface area contributed by atoms with E-state index in [-0.39, 0.29) is 24.3 Å². The molecule has 0 saturated heterocycles. The van der Waals surface area contributed by atoms with Gasteiger partial charge in [-0.05, 0) is 42.0 Å². The Hall–Kier alpha value is -3.05. The van der Waals surface area contributed by atoms with Gasteiger partial charge in [0.25, 0.3) is 0 Å². The Bertz CT molecular complexity index is 878. The third kappa shape index (κ3) is 5.72. The van der Waals surface area contributed by atoms with Crippen LogP contribution in [0.2, 0.25) is 0 Å². The monoisotopic (exact) mass is 413 g/mol. The summed E-state index contributed by atoms with van der Waals surface area (Å²) in [6.45, 7) is 0.196. The number of nitrogens with zero attached hydrogens (tertiary/aromatic N) is 1. The lowest BCUT2D eigenvalue weighted by molar-refractivity contribution is -0.127. The normalized spacial score (nSPS) is 19.6. The van der Waals surface area contributed by atoms with Crippen molar-refractivity contribution in [2.75, 3.05) is 0 Å². The van der Waals surface area contributed by atoms with Crippen LogP contribution in [0.15, 0.2) is 41.8 Å². The Morgan fingerprint density at radius 1 is 1.28 bits per heavy atom. The summed E-state index contributed by atoms with van der Waals surface area (Å²) < 4.78 is 5.25. The Morgan fingerprint density at radius 2 is 2.10 bits per heavy atom. The lowest BCUT2D eigenvalue weighted by Crippen LogP contribution is -2.49. The molecular formula is C21H23N3O4S. The third-order valence-electron chi connectivity index (χ3n) is 4.95. The fraction of sp³-hybridized carbons (Fsp3) is 0.381. The number of benzene rings is 1.